The Morgan fingerprint density at radius 2 is 1.69 bits per heavy atom. The predicted molar refractivity (Wildman–Crippen MR) is 117 cm³/mol. The van der Waals surface area contributed by atoms with Crippen molar-refractivity contribution in [3.8, 4) is 0 Å². The van der Waals surface area contributed by atoms with E-state index >= 15 is 0 Å². The van der Waals surface area contributed by atoms with Crippen molar-refractivity contribution >= 4 is 46.6 Å². The van der Waals surface area contributed by atoms with E-state index in [0.717, 1.165) is 10.0 Å². The molecule has 2 aromatic carbocycles. The van der Waals surface area contributed by atoms with Crippen LogP contribution in [0.3, 0.4) is 0 Å². The average molecular weight is 474 g/mol. The molecule has 0 aromatic heterocycles. The summed E-state index contributed by atoms with van der Waals surface area (Å²) in [5.41, 5.74) is -0.240. The van der Waals surface area contributed by atoms with E-state index in [2.05, 4.69) is 0 Å². The van der Waals surface area contributed by atoms with Crippen molar-refractivity contribution in [2.75, 3.05) is 0 Å². The lowest BCUT2D eigenvalue weighted by Crippen LogP contribution is -2.50. The standard InChI is InChI=1S/C22H17Cl2N3O5/c23-14-10-9-13(18(24)11-14)12-25(20(28)17-7-3-4-8-19(17)27(31)32)26-21(29)15-5-1-2-6-16(15)22(26)30/h1-4,7-11,15-16H,5-6,12H2/t15-,16+. The Labute approximate surface area is 193 Å². The van der Waals surface area contributed by atoms with E-state index in [-0.39, 0.29) is 17.1 Å². The number of nitro groups is 1. The summed E-state index contributed by atoms with van der Waals surface area (Å²) >= 11 is 12.2. The van der Waals surface area contributed by atoms with Gasteiger partial charge in [0.2, 0.25) is 0 Å². The molecule has 2 atom stereocenters. The van der Waals surface area contributed by atoms with E-state index in [1.807, 2.05) is 12.2 Å². The second-order valence-corrected chi connectivity index (χ2v) is 8.36. The first-order chi connectivity index (χ1) is 15.3. The maximum Gasteiger partial charge on any atom is 0.282 e. The molecule has 1 heterocycles. The first-order valence-electron chi connectivity index (χ1n) is 9.81. The zero-order chi connectivity index (χ0) is 23.0. The van der Waals surface area contributed by atoms with Crippen LogP contribution >= 0.6 is 23.2 Å². The van der Waals surface area contributed by atoms with E-state index in [4.69, 9.17) is 23.2 Å². The summed E-state index contributed by atoms with van der Waals surface area (Å²) in [7, 11) is 0. The lowest BCUT2D eigenvalue weighted by molar-refractivity contribution is -0.385. The monoisotopic (exact) mass is 473 g/mol. The molecule has 1 aliphatic heterocycles. The highest BCUT2D eigenvalue weighted by molar-refractivity contribution is 6.35. The van der Waals surface area contributed by atoms with Crippen molar-refractivity contribution < 1.29 is 19.3 Å². The molecule has 1 saturated heterocycles. The second kappa shape index (κ2) is 8.72. The van der Waals surface area contributed by atoms with Gasteiger partial charge in [0.15, 0.2) is 0 Å². The van der Waals surface area contributed by atoms with E-state index in [1.54, 1.807) is 12.1 Å². The van der Waals surface area contributed by atoms with Gasteiger partial charge in [0.05, 0.1) is 23.3 Å². The Balaban J connectivity index is 1.79. The number of carbonyl (C=O) groups is 3. The first-order valence-corrected chi connectivity index (χ1v) is 10.6. The van der Waals surface area contributed by atoms with Gasteiger partial charge < -0.3 is 0 Å². The highest BCUT2D eigenvalue weighted by Crippen LogP contribution is 2.37. The number of benzene rings is 2. The predicted octanol–water partition coefficient (Wildman–Crippen LogP) is 4.41. The Morgan fingerprint density at radius 3 is 2.28 bits per heavy atom. The Kier molecular flexibility index (Phi) is 5.99. The van der Waals surface area contributed by atoms with Crippen LogP contribution in [0.15, 0.2) is 54.6 Å². The van der Waals surface area contributed by atoms with Crippen molar-refractivity contribution in [1.29, 1.82) is 0 Å². The van der Waals surface area contributed by atoms with Crippen molar-refractivity contribution in [3.05, 3.63) is 85.9 Å². The maximum absolute atomic E-state index is 13.5. The van der Waals surface area contributed by atoms with Gasteiger partial charge in [-0.3, -0.25) is 24.5 Å². The number of rotatable bonds is 5. The minimum Gasteiger partial charge on any atom is -0.272 e. The molecule has 0 N–H and O–H groups in total. The molecule has 164 valence electrons. The molecule has 0 unspecified atom stereocenters. The fourth-order valence-electron chi connectivity index (χ4n) is 4.02. The minimum absolute atomic E-state index is 0.232. The molecule has 1 fully saturated rings. The molecule has 0 spiro atoms. The van der Waals surface area contributed by atoms with Gasteiger partial charge in [-0.1, -0.05) is 53.6 Å². The zero-order valence-electron chi connectivity index (χ0n) is 16.6. The number of fused-ring (bicyclic) bond motifs is 1. The first kappa shape index (κ1) is 22.0. The second-order valence-electron chi connectivity index (χ2n) is 7.52. The maximum atomic E-state index is 13.5. The molecule has 3 amide bonds. The van der Waals surface area contributed by atoms with Gasteiger partial charge in [0.1, 0.15) is 5.56 Å². The summed E-state index contributed by atoms with van der Waals surface area (Å²) in [5, 5.41) is 13.9. The number of hydrogen-bond acceptors (Lipinski definition) is 5. The molecule has 0 saturated carbocycles. The van der Waals surface area contributed by atoms with E-state index < -0.39 is 40.2 Å². The fourth-order valence-corrected chi connectivity index (χ4v) is 4.49. The average Bonchev–Trinajstić information content (AvgIpc) is 3.03. The van der Waals surface area contributed by atoms with Gasteiger partial charge in [-0.2, -0.15) is 5.01 Å². The Morgan fingerprint density at radius 1 is 1.06 bits per heavy atom. The zero-order valence-corrected chi connectivity index (χ0v) is 18.1. The summed E-state index contributed by atoms with van der Waals surface area (Å²) in [4.78, 5) is 50.7. The van der Waals surface area contributed by atoms with E-state index in [9.17, 15) is 24.5 Å². The quantitative estimate of drug-likeness (QED) is 0.277. The van der Waals surface area contributed by atoms with Gasteiger partial charge in [-0.15, -0.1) is 0 Å². The molecule has 0 bridgehead atoms. The third kappa shape index (κ3) is 3.87. The third-order valence-electron chi connectivity index (χ3n) is 5.63. The summed E-state index contributed by atoms with van der Waals surface area (Å²) in [6, 6.07) is 10.0. The van der Waals surface area contributed by atoms with Crippen LogP contribution in [0.2, 0.25) is 10.0 Å². The molecule has 10 heteroatoms. The summed E-state index contributed by atoms with van der Waals surface area (Å²) < 4.78 is 0. The van der Waals surface area contributed by atoms with Gasteiger partial charge in [-0.25, -0.2) is 5.01 Å². The number of nitro benzene ring substituents is 1. The van der Waals surface area contributed by atoms with E-state index in [1.165, 1.54) is 30.3 Å². The molecule has 1 aliphatic carbocycles. The van der Waals surface area contributed by atoms with Crippen LogP contribution in [0.1, 0.15) is 28.8 Å². The normalized spacial score (nSPS) is 19.8. The number of allylic oxidation sites excluding steroid dienone is 2. The number of halogens is 2. The smallest absolute Gasteiger partial charge is 0.272 e. The van der Waals surface area contributed by atoms with Gasteiger partial charge in [0.25, 0.3) is 23.4 Å². The summed E-state index contributed by atoms with van der Waals surface area (Å²) in [5.74, 6) is -3.03. The van der Waals surface area contributed by atoms with Crippen LogP contribution in [0.5, 0.6) is 0 Å². The fraction of sp³-hybridized carbons (Fsp3) is 0.227. The Bertz CT molecular complexity index is 1140. The van der Waals surface area contributed by atoms with Crippen LogP contribution < -0.4 is 0 Å². The molecular formula is C22H17Cl2N3O5. The number of hydrogen-bond donors (Lipinski definition) is 0. The summed E-state index contributed by atoms with van der Waals surface area (Å²) in [6.45, 7) is -0.245. The number of amides is 3. The molecule has 32 heavy (non-hydrogen) atoms. The Hall–Kier alpha value is -3.23. The van der Waals surface area contributed by atoms with Gasteiger partial charge in [0, 0.05) is 16.1 Å². The van der Waals surface area contributed by atoms with Crippen LogP contribution in [0, 0.1) is 22.0 Å². The van der Waals surface area contributed by atoms with Crippen LogP contribution in [0.25, 0.3) is 0 Å². The van der Waals surface area contributed by atoms with Crippen molar-refractivity contribution in [2.45, 2.75) is 19.4 Å². The largest absolute Gasteiger partial charge is 0.282 e. The minimum atomic E-state index is -0.850. The molecule has 2 aliphatic rings. The topological polar surface area (TPSA) is 101 Å². The van der Waals surface area contributed by atoms with Crippen LogP contribution in [-0.2, 0) is 16.1 Å². The number of hydrazine groups is 1. The van der Waals surface area contributed by atoms with E-state index in [0.29, 0.717) is 23.4 Å². The number of para-hydroxylation sites is 1. The number of carbonyl (C=O) groups excluding carboxylic acids is 3. The lowest BCUT2D eigenvalue weighted by Gasteiger charge is -2.30. The molecule has 2 aromatic rings. The third-order valence-corrected chi connectivity index (χ3v) is 6.21. The van der Waals surface area contributed by atoms with Gasteiger partial charge >= 0.3 is 0 Å². The molecule has 4 rings (SSSR count). The SMILES string of the molecule is O=C(c1ccccc1[N+](=O)[O-])N(Cc1ccc(Cl)cc1Cl)N1C(=O)[C@H]2CC=CC[C@H]2C1=O. The lowest BCUT2D eigenvalue weighted by atomic mass is 9.85. The van der Waals surface area contributed by atoms with Crippen LogP contribution in [-0.4, -0.2) is 32.7 Å². The molecule has 8 nitrogen and oxygen atoms in total. The van der Waals surface area contributed by atoms with Gasteiger partial charge in [-0.05, 0) is 36.6 Å². The highest BCUT2D eigenvalue weighted by Gasteiger charge is 2.51. The highest BCUT2D eigenvalue weighted by atomic mass is 35.5. The van der Waals surface area contributed by atoms with Crippen molar-refractivity contribution in [2.24, 2.45) is 11.8 Å². The number of imide groups is 1. The van der Waals surface area contributed by atoms with Crippen molar-refractivity contribution in [3.63, 3.8) is 0 Å². The number of nitrogens with zero attached hydrogens (tertiary/aromatic N) is 3. The summed E-state index contributed by atoms with van der Waals surface area (Å²) in [6.07, 6.45) is 4.45. The van der Waals surface area contributed by atoms with Crippen molar-refractivity contribution in [1.82, 2.24) is 10.0 Å². The van der Waals surface area contributed by atoms with Crippen LogP contribution in [0.4, 0.5) is 5.69 Å². The molecular weight excluding hydrogens is 457 g/mol. The molecule has 0 radical (unpaired) electrons.